The van der Waals surface area contributed by atoms with Crippen LogP contribution in [0.25, 0.3) is 0 Å². The number of aryl methyl sites for hydroxylation is 1. The smallest absolute Gasteiger partial charge is 0.275 e. The SMILES string of the molecule is Cc1cc(NC(=O)c2cc(C(=O)NCCN3CCOCC3)ccn2)no1. The standard InChI is InChI=1S/C17H21N5O4/c1-12-10-15(21-26-12)20-17(24)14-11-13(2-3-18-14)16(23)19-4-5-22-6-8-25-9-7-22/h2-3,10-11H,4-9H2,1H3,(H,19,23)(H,20,21,24). The fourth-order valence-corrected chi connectivity index (χ4v) is 2.56. The Morgan fingerprint density at radius 1 is 1.23 bits per heavy atom. The van der Waals surface area contributed by atoms with E-state index in [2.05, 4.69) is 25.7 Å². The zero-order valence-electron chi connectivity index (χ0n) is 14.5. The number of morpholine rings is 1. The molecular formula is C17H21N5O4. The average molecular weight is 359 g/mol. The molecule has 0 atom stereocenters. The van der Waals surface area contributed by atoms with Crippen molar-refractivity contribution in [2.24, 2.45) is 0 Å². The normalized spacial score (nSPS) is 14.8. The molecular weight excluding hydrogens is 338 g/mol. The van der Waals surface area contributed by atoms with Gasteiger partial charge in [-0.05, 0) is 19.1 Å². The van der Waals surface area contributed by atoms with E-state index in [1.54, 1.807) is 19.1 Å². The zero-order chi connectivity index (χ0) is 18.4. The minimum atomic E-state index is -0.457. The van der Waals surface area contributed by atoms with Crippen LogP contribution in [0.1, 0.15) is 26.6 Å². The fourth-order valence-electron chi connectivity index (χ4n) is 2.56. The Kier molecular flexibility index (Phi) is 5.92. The quantitative estimate of drug-likeness (QED) is 0.781. The number of amides is 2. The molecule has 0 aromatic carbocycles. The lowest BCUT2D eigenvalue weighted by molar-refractivity contribution is 0.0383. The maximum atomic E-state index is 12.3. The summed E-state index contributed by atoms with van der Waals surface area (Å²) in [6.07, 6.45) is 1.43. The van der Waals surface area contributed by atoms with Gasteiger partial charge in [0.15, 0.2) is 5.82 Å². The van der Waals surface area contributed by atoms with Crippen LogP contribution in [-0.2, 0) is 4.74 Å². The first-order valence-electron chi connectivity index (χ1n) is 8.41. The third-order valence-corrected chi connectivity index (χ3v) is 3.94. The van der Waals surface area contributed by atoms with Crippen LogP contribution >= 0.6 is 0 Å². The lowest BCUT2D eigenvalue weighted by Gasteiger charge is -2.26. The van der Waals surface area contributed by atoms with Crippen LogP contribution in [0, 0.1) is 6.92 Å². The van der Waals surface area contributed by atoms with Crippen molar-refractivity contribution in [1.82, 2.24) is 20.4 Å². The molecule has 9 heteroatoms. The van der Waals surface area contributed by atoms with E-state index in [1.807, 2.05) is 0 Å². The van der Waals surface area contributed by atoms with Crippen LogP contribution in [0.15, 0.2) is 28.9 Å². The first kappa shape index (κ1) is 18.0. The van der Waals surface area contributed by atoms with Gasteiger partial charge in [-0.2, -0.15) is 0 Å². The summed E-state index contributed by atoms with van der Waals surface area (Å²) in [5.74, 6) is 0.185. The van der Waals surface area contributed by atoms with Crippen molar-refractivity contribution in [1.29, 1.82) is 0 Å². The molecule has 0 spiro atoms. The molecule has 2 aromatic heterocycles. The first-order valence-corrected chi connectivity index (χ1v) is 8.41. The van der Waals surface area contributed by atoms with Gasteiger partial charge in [-0.3, -0.25) is 19.5 Å². The summed E-state index contributed by atoms with van der Waals surface area (Å²) >= 11 is 0. The minimum absolute atomic E-state index is 0.131. The third-order valence-electron chi connectivity index (χ3n) is 3.94. The average Bonchev–Trinajstić information content (AvgIpc) is 3.07. The van der Waals surface area contributed by atoms with Crippen molar-refractivity contribution in [2.75, 3.05) is 44.7 Å². The molecule has 3 rings (SSSR count). The van der Waals surface area contributed by atoms with E-state index in [9.17, 15) is 9.59 Å². The van der Waals surface area contributed by atoms with E-state index in [4.69, 9.17) is 9.26 Å². The van der Waals surface area contributed by atoms with Gasteiger partial charge in [0, 0.05) is 44.0 Å². The van der Waals surface area contributed by atoms with Crippen molar-refractivity contribution >= 4 is 17.6 Å². The summed E-state index contributed by atoms with van der Waals surface area (Å²) < 4.78 is 10.2. The van der Waals surface area contributed by atoms with Gasteiger partial charge in [-0.1, -0.05) is 5.16 Å². The number of anilines is 1. The number of hydrogen-bond acceptors (Lipinski definition) is 7. The Bertz CT molecular complexity index is 770. The Hall–Kier alpha value is -2.78. The molecule has 1 aliphatic rings. The van der Waals surface area contributed by atoms with Crippen LogP contribution in [-0.4, -0.2) is 66.2 Å². The molecule has 2 aromatic rings. The molecule has 3 heterocycles. The summed E-state index contributed by atoms with van der Waals surface area (Å²) in [7, 11) is 0. The molecule has 0 saturated carbocycles. The van der Waals surface area contributed by atoms with Crippen LogP contribution in [0.4, 0.5) is 5.82 Å². The Labute approximate surface area is 150 Å². The molecule has 0 aliphatic carbocycles. The molecule has 2 N–H and O–H groups in total. The third kappa shape index (κ3) is 4.87. The summed E-state index contributed by atoms with van der Waals surface area (Å²) in [5.41, 5.74) is 0.509. The molecule has 0 bridgehead atoms. The number of ether oxygens (including phenoxy) is 1. The molecule has 1 fully saturated rings. The van der Waals surface area contributed by atoms with Gasteiger partial charge in [0.1, 0.15) is 11.5 Å². The summed E-state index contributed by atoms with van der Waals surface area (Å²) in [6, 6.07) is 4.62. The Morgan fingerprint density at radius 2 is 2.04 bits per heavy atom. The number of hydrogen-bond donors (Lipinski definition) is 2. The van der Waals surface area contributed by atoms with Crippen molar-refractivity contribution in [2.45, 2.75) is 6.92 Å². The van der Waals surface area contributed by atoms with Crippen LogP contribution in [0.2, 0.25) is 0 Å². The number of rotatable bonds is 6. The summed E-state index contributed by atoms with van der Waals surface area (Å²) in [5, 5.41) is 9.13. The Morgan fingerprint density at radius 3 is 2.77 bits per heavy atom. The van der Waals surface area contributed by atoms with Crippen molar-refractivity contribution < 1.29 is 18.8 Å². The molecule has 26 heavy (non-hydrogen) atoms. The largest absolute Gasteiger partial charge is 0.379 e. The number of nitrogens with zero attached hydrogens (tertiary/aromatic N) is 3. The molecule has 9 nitrogen and oxygen atoms in total. The van der Waals surface area contributed by atoms with Gasteiger partial charge in [-0.25, -0.2) is 0 Å². The topological polar surface area (TPSA) is 110 Å². The fraction of sp³-hybridized carbons (Fsp3) is 0.412. The van der Waals surface area contributed by atoms with Gasteiger partial charge in [0.25, 0.3) is 11.8 Å². The van der Waals surface area contributed by atoms with Crippen molar-refractivity contribution in [3.63, 3.8) is 0 Å². The van der Waals surface area contributed by atoms with Crippen LogP contribution < -0.4 is 10.6 Å². The number of nitrogens with one attached hydrogen (secondary N) is 2. The second-order valence-electron chi connectivity index (χ2n) is 5.92. The Balaban J connectivity index is 1.53. The highest BCUT2D eigenvalue weighted by Gasteiger charge is 2.14. The lowest BCUT2D eigenvalue weighted by Crippen LogP contribution is -2.41. The highest BCUT2D eigenvalue weighted by atomic mass is 16.5. The van der Waals surface area contributed by atoms with E-state index >= 15 is 0 Å². The molecule has 1 saturated heterocycles. The second-order valence-corrected chi connectivity index (χ2v) is 5.92. The van der Waals surface area contributed by atoms with Gasteiger partial charge in [0.05, 0.1) is 13.2 Å². The second kappa shape index (κ2) is 8.54. The van der Waals surface area contributed by atoms with Gasteiger partial charge in [-0.15, -0.1) is 0 Å². The summed E-state index contributed by atoms with van der Waals surface area (Å²) in [4.78, 5) is 30.7. The predicted octanol–water partition coefficient (Wildman–Crippen LogP) is 0.692. The maximum Gasteiger partial charge on any atom is 0.275 e. The van der Waals surface area contributed by atoms with Gasteiger partial charge in [0.2, 0.25) is 0 Å². The van der Waals surface area contributed by atoms with Gasteiger partial charge >= 0.3 is 0 Å². The molecule has 2 amide bonds. The molecule has 1 aliphatic heterocycles. The first-order chi connectivity index (χ1) is 12.6. The van der Waals surface area contributed by atoms with Crippen LogP contribution in [0.3, 0.4) is 0 Å². The molecule has 0 unspecified atom stereocenters. The van der Waals surface area contributed by atoms with E-state index in [0.717, 1.165) is 32.8 Å². The maximum absolute atomic E-state index is 12.3. The molecule has 0 radical (unpaired) electrons. The van der Waals surface area contributed by atoms with E-state index in [1.165, 1.54) is 12.3 Å². The highest BCUT2D eigenvalue weighted by Crippen LogP contribution is 2.09. The van der Waals surface area contributed by atoms with Crippen LogP contribution in [0.5, 0.6) is 0 Å². The van der Waals surface area contributed by atoms with E-state index < -0.39 is 5.91 Å². The number of carbonyl (C=O) groups excluding carboxylic acids is 2. The van der Waals surface area contributed by atoms with E-state index in [0.29, 0.717) is 23.7 Å². The van der Waals surface area contributed by atoms with E-state index in [-0.39, 0.29) is 11.6 Å². The number of aromatic nitrogens is 2. The minimum Gasteiger partial charge on any atom is -0.379 e. The molecule has 138 valence electrons. The van der Waals surface area contributed by atoms with Gasteiger partial charge < -0.3 is 19.9 Å². The predicted molar refractivity (Wildman–Crippen MR) is 93.0 cm³/mol. The summed E-state index contributed by atoms with van der Waals surface area (Å²) in [6.45, 7) is 6.21. The number of pyridine rings is 1. The van der Waals surface area contributed by atoms with Crippen molar-refractivity contribution in [3.8, 4) is 0 Å². The zero-order valence-corrected chi connectivity index (χ0v) is 14.5. The monoisotopic (exact) mass is 359 g/mol. The lowest BCUT2D eigenvalue weighted by atomic mass is 10.2. The highest BCUT2D eigenvalue weighted by molar-refractivity contribution is 6.04. The number of carbonyl (C=O) groups is 2. The van der Waals surface area contributed by atoms with Crippen molar-refractivity contribution in [3.05, 3.63) is 41.4 Å².